The molecule has 0 N–H and O–H groups in total. The summed E-state index contributed by atoms with van der Waals surface area (Å²) in [4.78, 5) is 0. The summed E-state index contributed by atoms with van der Waals surface area (Å²) in [6, 6.07) is 0. The monoisotopic (exact) mass is 284 g/mol. The van der Waals surface area contributed by atoms with Gasteiger partial charge in [0.05, 0.1) is 0 Å². The van der Waals surface area contributed by atoms with E-state index in [1.165, 1.54) is 38.8 Å². The van der Waals surface area contributed by atoms with E-state index in [4.69, 9.17) is 0 Å². The van der Waals surface area contributed by atoms with Crippen molar-refractivity contribution in [2.75, 3.05) is 27.2 Å². The van der Waals surface area contributed by atoms with Gasteiger partial charge in [0.1, 0.15) is 8.88 Å². The first kappa shape index (κ1) is 17.2. The normalized spacial score (nSPS) is 11.6. The van der Waals surface area contributed by atoms with Crippen LogP contribution in [0.15, 0.2) is 0 Å². The number of hydrogen-bond donors (Lipinski definition) is 0. The topological polar surface area (TPSA) is 6.48 Å². The fourth-order valence-electron chi connectivity index (χ4n) is 1.28. The molecule has 0 aromatic heterocycles. The molecule has 4 heteroatoms. The van der Waals surface area contributed by atoms with Crippen LogP contribution in [0.1, 0.15) is 39.5 Å². The third-order valence-electron chi connectivity index (χ3n) is 1.99. The second-order valence-corrected chi connectivity index (χ2v) is 5.82. The zero-order valence-corrected chi connectivity index (χ0v) is 12.8. The number of unbranched alkanes of at least 4 members (excludes halogenated alkanes) is 2. The summed E-state index contributed by atoms with van der Waals surface area (Å²) in [5.41, 5.74) is 0. The highest BCUT2D eigenvalue weighted by Gasteiger charge is 2.10. The summed E-state index contributed by atoms with van der Waals surface area (Å²) in [5, 5.41) is 0. The third kappa shape index (κ3) is 10.9. The van der Waals surface area contributed by atoms with E-state index >= 15 is 0 Å². The molecule has 0 saturated heterocycles. The van der Waals surface area contributed by atoms with Crippen LogP contribution in [0.5, 0.6) is 0 Å². The molecule has 0 rings (SSSR count). The summed E-state index contributed by atoms with van der Waals surface area (Å²) in [6.07, 6.45) is 5.33. The van der Waals surface area contributed by atoms with Crippen molar-refractivity contribution < 1.29 is 17.0 Å². The van der Waals surface area contributed by atoms with Crippen molar-refractivity contribution in [1.82, 2.24) is 9.34 Å². The molecule has 0 aliphatic carbocycles. The van der Waals surface area contributed by atoms with Crippen molar-refractivity contribution in [3.05, 3.63) is 0 Å². The van der Waals surface area contributed by atoms with Gasteiger partial charge in [-0.1, -0.05) is 26.7 Å². The molecule has 0 aromatic rings. The molecule has 1 atom stereocenters. The lowest BCUT2D eigenvalue weighted by Crippen LogP contribution is -3.00. The van der Waals surface area contributed by atoms with Crippen LogP contribution in [-0.4, -0.2) is 36.5 Å². The minimum Gasteiger partial charge on any atom is -1.00 e. The highest BCUT2D eigenvalue weighted by molar-refractivity contribution is 7.32. The summed E-state index contributed by atoms with van der Waals surface area (Å²) >= 11 is 0. The fraction of sp³-hybridized carbons (Fsp3) is 1.00. The Labute approximate surface area is 102 Å². The lowest BCUT2D eigenvalue weighted by molar-refractivity contribution is -0.00000301. The molecule has 0 aliphatic heterocycles. The summed E-state index contributed by atoms with van der Waals surface area (Å²) in [6.45, 7) is 7.13. The van der Waals surface area contributed by atoms with Crippen LogP contribution in [0.2, 0.25) is 0 Å². The molecule has 0 fully saturated rings. The molecule has 0 aromatic carbocycles. The van der Waals surface area contributed by atoms with E-state index in [0.29, 0.717) is 8.88 Å². The SMILES string of the molecule is CCCCN(CCCC)[PH2+]N(C)C.[Br-]. The van der Waals surface area contributed by atoms with Crippen LogP contribution in [0, 0.1) is 0 Å². The van der Waals surface area contributed by atoms with Crippen molar-refractivity contribution >= 4 is 8.88 Å². The minimum absolute atomic E-state index is 0. The number of halogens is 1. The molecule has 0 radical (unpaired) electrons. The Morgan fingerprint density at radius 1 is 0.929 bits per heavy atom. The lowest BCUT2D eigenvalue weighted by Gasteiger charge is -2.17. The van der Waals surface area contributed by atoms with Gasteiger partial charge < -0.3 is 17.0 Å². The first-order chi connectivity index (χ1) is 6.20. The smallest absolute Gasteiger partial charge is 0.125 e. The van der Waals surface area contributed by atoms with E-state index < -0.39 is 0 Å². The molecule has 0 aliphatic rings. The zero-order chi connectivity index (χ0) is 10.1. The molecule has 0 saturated carbocycles. The maximum Gasteiger partial charge on any atom is 0.125 e. The van der Waals surface area contributed by atoms with E-state index in [-0.39, 0.29) is 17.0 Å². The molecule has 2 nitrogen and oxygen atoms in total. The van der Waals surface area contributed by atoms with Gasteiger partial charge in [-0.05, 0) is 12.8 Å². The van der Waals surface area contributed by atoms with Gasteiger partial charge in [0.2, 0.25) is 0 Å². The van der Waals surface area contributed by atoms with E-state index in [0.717, 1.165) is 0 Å². The van der Waals surface area contributed by atoms with Crippen molar-refractivity contribution in [3.8, 4) is 0 Å². The molecule has 0 heterocycles. The largest absolute Gasteiger partial charge is 1.00 e. The standard InChI is InChI=1S/C10H25N2P.BrH/c1-5-7-9-12(10-8-6-2)13-11(3)4;/h13H,5-10H2,1-4H3;1H. The first-order valence-electron chi connectivity index (χ1n) is 5.46. The number of nitrogens with zero attached hydrogens (tertiary/aromatic N) is 2. The Hall–Kier alpha value is 0.830. The predicted octanol–water partition coefficient (Wildman–Crippen LogP) is -0.305. The Morgan fingerprint density at radius 3 is 1.64 bits per heavy atom. The molecular formula is C10H26BrN2P. The number of rotatable bonds is 8. The van der Waals surface area contributed by atoms with Crippen molar-refractivity contribution in [3.63, 3.8) is 0 Å². The molecule has 0 amide bonds. The van der Waals surface area contributed by atoms with E-state index in [1.807, 2.05) is 0 Å². The predicted molar refractivity (Wildman–Crippen MR) is 64.8 cm³/mol. The third-order valence-corrected chi connectivity index (χ3v) is 3.30. The van der Waals surface area contributed by atoms with Crippen LogP contribution in [-0.2, 0) is 0 Å². The molecule has 88 valence electrons. The quantitative estimate of drug-likeness (QED) is 0.565. The average Bonchev–Trinajstić information content (AvgIpc) is 2.09. The molecule has 0 bridgehead atoms. The van der Waals surface area contributed by atoms with Gasteiger partial charge in [0.15, 0.2) is 0 Å². The second kappa shape index (κ2) is 11.9. The van der Waals surface area contributed by atoms with Gasteiger partial charge in [-0.3, -0.25) is 0 Å². The Bertz CT molecular complexity index is 104. The fourth-order valence-corrected chi connectivity index (χ4v) is 2.53. The van der Waals surface area contributed by atoms with Crippen LogP contribution < -0.4 is 17.0 Å². The van der Waals surface area contributed by atoms with Crippen molar-refractivity contribution in [1.29, 1.82) is 0 Å². The summed E-state index contributed by atoms with van der Waals surface area (Å²) in [7, 11) is 4.74. The van der Waals surface area contributed by atoms with Crippen LogP contribution >= 0.6 is 8.88 Å². The van der Waals surface area contributed by atoms with Crippen LogP contribution in [0.25, 0.3) is 0 Å². The second-order valence-electron chi connectivity index (χ2n) is 3.82. The minimum atomic E-state index is 0. The van der Waals surface area contributed by atoms with E-state index in [9.17, 15) is 0 Å². The van der Waals surface area contributed by atoms with Crippen LogP contribution in [0.4, 0.5) is 0 Å². The first-order valence-corrected chi connectivity index (χ1v) is 6.49. The summed E-state index contributed by atoms with van der Waals surface area (Å²) in [5.74, 6) is 0. The lowest BCUT2D eigenvalue weighted by atomic mass is 10.3. The Morgan fingerprint density at radius 2 is 1.36 bits per heavy atom. The van der Waals surface area contributed by atoms with Gasteiger partial charge in [-0.2, -0.15) is 9.34 Å². The highest BCUT2D eigenvalue weighted by atomic mass is 79.9. The van der Waals surface area contributed by atoms with Crippen molar-refractivity contribution in [2.24, 2.45) is 0 Å². The maximum atomic E-state index is 2.63. The Kier molecular flexibility index (Phi) is 14.6. The molecule has 0 spiro atoms. The Balaban J connectivity index is 0. The van der Waals surface area contributed by atoms with Gasteiger partial charge in [0.25, 0.3) is 0 Å². The molecule has 14 heavy (non-hydrogen) atoms. The van der Waals surface area contributed by atoms with Gasteiger partial charge in [-0.15, -0.1) is 0 Å². The highest BCUT2D eigenvalue weighted by Crippen LogP contribution is 2.21. The van der Waals surface area contributed by atoms with Gasteiger partial charge >= 0.3 is 0 Å². The zero-order valence-electron chi connectivity index (χ0n) is 10.1. The van der Waals surface area contributed by atoms with Crippen LogP contribution in [0.3, 0.4) is 0 Å². The average molecular weight is 285 g/mol. The maximum absolute atomic E-state index is 2.63. The molecular weight excluding hydrogens is 259 g/mol. The summed E-state index contributed by atoms with van der Waals surface area (Å²) < 4.78 is 4.97. The van der Waals surface area contributed by atoms with Gasteiger partial charge in [0, 0.05) is 27.2 Å². The number of hydrogen-bond acceptors (Lipinski definition) is 2. The van der Waals surface area contributed by atoms with E-state index in [1.54, 1.807) is 0 Å². The van der Waals surface area contributed by atoms with Crippen molar-refractivity contribution in [2.45, 2.75) is 39.5 Å². The van der Waals surface area contributed by atoms with Gasteiger partial charge in [-0.25, -0.2) is 0 Å². The van der Waals surface area contributed by atoms with E-state index in [2.05, 4.69) is 37.3 Å². The molecule has 1 unspecified atom stereocenters.